The predicted molar refractivity (Wildman–Crippen MR) is 136 cm³/mol. The molecule has 0 spiro atoms. The van der Waals surface area contributed by atoms with E-state index in [9.17, 15) is 13.2 Å². The number of aromatic nitrogens is 2. The van der Waals surface area contributed by atoms with E-state index in [4.69, 9.17) is 18.6 Å². The number of ether oxygens (including phenoxy) is 3. The minimum absolute atomic E-state index is 0.000847. The van der Waals surface area contributed by atoms with E-state index in [-0.39, 0.29) is 28.4 Å². The number of benzene rings is 2. The van der Waals surface area contributed by atoms with E-state index in [2.05, 4.69) is 15.5 Å². The topological polar surface area (TPSA) is 133 Å². The highest BCUT2D eigenvalue weighted by molar-refractivity contribution is 7.89. The van der Waals surface area contributed by atoms with Gasteiger partial charge in [0.1, 0.15) is 0 Å². The first-order chi connectivity index (χ1) is 17.8. The Morgan fingerprint density at radius 1 is 1.05 bits per heavy atom. The fourth-order valence-corrected chi connectivity index (χ4v) is 6.14. The Labute approximate surface area is 215 Å². The lowest BCUT2D eigenvalue weighted by Gasteiger charge is -2.34. The normalized spacial score (nSPS) is 16.3. The Balaban J connectivity index is 1.49. The molecule has 1 atom stereocenters. The second-order valence-corrected chi connectivity index (χ2v) is 10.4. The molecule has 37 heavy (non-hydrogen) atoms. The number of amides is 1. The van der Waals surface area contributed by atoms with Crippen molar-refractivity contribution in [3.05, 3.63) is 42.0 Å². The number of rotatable bonds is 9. The SMILES string of the molecule is CC[C@@H]1CCCCN1S(=O)(=O)c1ccc(C(=O)Nc2nnc(-c3cc(OC)c(OC)c(OC)c3)o2)cc1. The fraction of sp³-hybridized carbons (Fsp3) is 0.400. The molecule has 1 saturated heterocycles. The van der Waals surface area contributed by atoms with E-state index >= 15 is 0 Å². The highest BCUT2D eigenvalue weighted by Gasteiger charge is 2.32. The zero-order valence-electron chi connectivity index (χ0n) is 21.2. The van der Waals surface area contributed by atoms with E-state index in [0.717, 1.165) is 25.7 Å². The van der Waals surface area contributed by atoms with Gasteiger partial charge in [-0.3, -0.25) is 10.1 Å². The van der Waals surface area contributed by atoms with Gasteiger partial charge >= 0.3 is 6.01 Å². The molecule has 0 saturated carbocycles. The van der Waals surface area contributed by atoms with E-state index in [1.54, 1.807) is 16.4 Å². The fourth-order valence-electron chi connectivity index (χ4n) is 4.38. The maximum atomic E-state index is 13.2. The van der Waals surface area contributed by atoms with Crippen LogP contribution in [0, 0.1) is 0 Å². The molecule has 1 amide bonds. The number of piperidine rings is 1. The molecule has 1 N–H and O–H groups in total. The van der Waals surface area contributed by atoms with Gasteiger partial charge in [0.15, 0.2) is 11.5 Å². The smallest absolute Gasteiger partial charge is 0.322 e. The Morgan fingerprint density at radius 3 is 2.32 bits per heavy atom. The number of hydrogen-bond acceptors (Lipinski definition) is 9. The van der Waals surface area contributed by atoms with Crippen LogP contribution in [0.2, 0.25) is 0 Å². The third kappa shape index (κ3) is 5.39. The zero-order chi connectivity index (χ0) is 26.6. The molecule has 1 fully saturated rings. The molecule has 0 unspecified atom stereocenters. The quantitative estimate of drug-likeness (QED) is 0.436. The first-order valence-electron chi connectivity index (χ1n) is 11.9. The van der Waals surface area contributed by atoms with Gasteiger partial charge in [0.05, 0.1) is 26.2 Å². The van der Waals surface area contributed by atoms with Crippen LogP contribution in [0.3, 0.4) is 0 Å². The van der Waals surface area contributed by atoms with Crippen molar-refractivity contribution in [2.45, 2.75) is 43.5 Å². The number of nitrogens with one attached hydrogen (secondary N) is 1. The number of carbonyl (C=O) groups is 1. The molecule has 2 aromatic carbocycles. The number of carbonyl (C=O) groups excluding carboxylic acids is 1. The molecule has 0 bridgehead atoms. The standard InChI is InChI=1S/C25H30N4O7S/c1-5-18-8-6-7-13-29(18)37(31,32)19-11-9-16(10-12-19)23(30)26-25-28-27-24(36-25)17-14-20(33-2)22(35-4)21(15-17)34-3/h9-12,14-15,18H,5-8,13H2,1-4H3,(H,26,28,30)/t18-/m1/s1. The van der Waals surface area contributed by atoms with Crippen molar-refractivity contribution in [3.8, 4) is 28.7 Å². The second-order valence-electron chi connectivity index (χ2n) is 8.48. The van der Waals surface area contributed by atoms with Crippen LogP contribution in [0.15, 0.2) is 45.7 Å². The van der Waals surface area contributed by atoms with Crippen molar-refractivity contribution >= 4 is 21.9 Å². The Morgan fingerprint density at radius 2 is 1.73 bits per heavy atom. The lowest BCUT2D eigenvalue weighted by atomic mass is 10.0. The summed E-state index contributed by atoms with van der Waals surface area (Å²) in [4.78, 5) is 12.9. The molecule has 198 valence electrons. The van der Waals surface area contributed by atoms with Crippen LogP contribution >= 0.6 is 0 Å². The Hall–Kier alpha value is -3.64. The minimum Gasteiger partial charge on any atom is -0.493 e. The monoisotopic (exact) mass is 530 g/mol. The van der Waals surface area contributed by atoms with Gasteiger partial charge in [-0.15, -0.1) is 5.10 Å². The molecule has 2 heterocycles. The van der Waals surface area contributed by atoms with E-state index < -0.39 is 15.9 Å². The molecule has 4 rings (SSSR count). The van der Waals surface area contributed by atoms with Crippen molar-refractivity contribution in [1.29, 1.82) is 0 Å². The van der Waals surface area contributed by atoms with Gasteiger partial charge in [-0.05, 0) is 55.7 Å². The predicted octanol–water partition coefficient (Wildman–Crippen LogP) is 3.97. The number of nitrogens with zero attached hydrogens (tertiary/aromatic N) is 3. The molecule has 0 radical (unpaired) electrons. The molecule has 11 nitrogen and oxygen atoms in total. The Bertz CT molecular complexity index is 1330. The molecule has 3 aromatic rings. The molecular formula is C25H30N4O7S. The van der Waals surface area contributed by atoms with Crippen LogP contribution in [0.1, 0.15) is 43.0 Å². The lowest BCUT2D eigenvalue weighted by molar-refractivity contribution is 0.102. The highest BCUT2D eigenvalue weighted by atomic mass is 32.2. The number of methoxy groups -OCH3 is 3. The minimum atomic E-state index is -3.64. The first kappa shape index (κ1) is 26.4. The van der Waals surface area contributed by atoms with Crippen molar-refractivity contribution in [2.75, 3.05) is 33.2 Å². The summed E-state index contributed by atoms with van der Waals surface area (Å²) in [5.41, 5.74) is 0.748. The summed E-state index contributed by atoms with van der Waals surface area (Å²) in [6.07, 6.45) is 3.50. The van der Waals surface area contributed by atoms with Gasteiger partial charge < -0.3 is 18.6 Å². The highest BCUT2D eigenvalue weighted by Crippen LogP contribution is 2.41. The van der Waals surface area contributed by atoms with Crippen LogP contribution in [0.25, 0.3) is 11.5 Å². The number of sulfonamides is 1. The average molecular weight is 531 g/mol. The average Bonchev–Trinajstić information content (AvgIpc) is 3.40. The summed E-state index contributed by atoms with van der Waals surface area (Å²) in [6, 6.07) is 8.98. The number of anilines is 1. The number of hydrogen-bond donors (Lipinski definition) is 1. The summed E-state index contributed by atoms with van der Waals surface area (Å²) in [7, 11) is 0.844. The third-order valence-corrected chi connectivity index (χ3v) is 8.29. The first-order valence-corrected chi connectivity index (χ1v) is 13.3. The molecular weight excluding hydrogens is 500 g/mol. The molecule has 1 aliphatic rings. The maximum absolute atomic E-state index is 13.2. The molecule has 1 aromatic heterocycles. The van der Waals surface area contributed by atoms with E-state index in [0.29, 0.717) is 29.4 Å². The van der Waals surface area contributed by atoms with Gasteiger partial charge in [-0.2, -0.15) is 4.31 Å². The second kappa shape index (κ2) is 11.2. The van der Waals surface area contributed by atoms with Crippen LogP contribution in [-0.4, -0.2) is 62.7 Å². The van der Waals surface area contributed by atoms with E-state index in [1.807, 2.05) is 6.92 Å². The summed E-state index contributed by atoms with van der Waals surface area (Å²) in [5, 5.41) is 10.4. The van der Waals surface area contributed by atoms with Crippen LogP contribution in [-0.2, 0) is 10.0 Å². The Kier molecular flexibility index (Phi) is 7.98. The van der Waals surface area contributed by atoms with Crippen molar-refractivity contribution < 1.29 is 31.8 Å². The molecule has 1 aliphatic heterocycles. The lowest BCUT2D eigenvalue weighted by Crippen LogP contribution is -2.43. The zero-order valence-corrected chi connectivity index (χ0v) is 22.0. The van der Waals surface area contributed by atoms with Gasteiger partial charge in [0.25, 0.3) is 5.91 Å². The summed E-state index contributed by atoms with van der Waals surface area (Å²) >= 11 is 0. The van der Waals surface area contributed by atoms with Crippen LogP contribution < -0.4 is 19.5 Å². The van der Waals surface area contributed by atoms with Gasteiger partial charge in [-0.1, -0.05) is 18.4 Å². The van der Waals surface area contributed by atoms with Crippen molar-refractivity contribution in [2.24, 2.45) is 0 Å². The van der Waals surface area contributed by atoms with Crippen LogP contribution in [0.4, 0.5) is 6.01 Å². The van der Waals surface area contributed by atoms with Gasteiger partial charge in [0, 0.05) is 23.7 Å². The third-order valence-electron chi connectivity index (χ3n) is 6.32. The maximum Gasteiger partial charge on any atom is 0.322 e. The summed E-state index contributed by atoms with van der Waals surface area (Å²) < 4.78 is 49.5. The van der Waals surface area contributed by atoms with Gasteiger partial charge in [-0.25, -0.2) is 8.42 Å². The van der Waals surface area contributed by atoms with E-state index in [1.165, 1.54) is 45.6 Å². The molecule has 0 aliphatic carbocycles. The van der Waals surface area contributed by atoms with Crippen molar-refractivity contribution in [1.82, 2.24) is 14.5 Å². The van der Waals surface area contributed by atoms with Crippen LogP contribution in [0.5, 0.6) is 17.2 Å². The summed E-state index contributed by atoms with van der Waals surface area (Å²) in [5.74, 6) is 0.838. The summed E-state index contributed by atoms with van der Waals surface area (Å²) in [6.45, 7) is 2.50. The largest absolute Gasteiger partial charge is 0.493 e. The molecule has 12 heteroatoms. The van der Waals surface area contributed by atoms with Gasteiger partial charge in [0.2, 0.25) is 21.7 Å². The van der Waals surface area contributed by atoms with Crippen molar-refractivity contribution in [3.63, 3.8) is 0 Å².